The smallest absolute Gasteiger partial charge is 0.0160 e. The largest absolute Gasteiger partial charge is 0.0660 e. The van der Waals surface area contributed by atoms with Crippen molar-refractivity contribution in [2.24, 2.45) is 0 Å². The first kappa shape index (κ1) is 11.4. The van der Waals surface area contributed by atoms with Crippen LogP contribution in [0.4, 0.5) is 0 Å². The van der Waals surface area contributed by atoms with Gasteiger partial charge >= 0.3 is 0 Å². The summed E-state index contributed by atoms with van der Waals surface area (Å²) in [5.41, 5.74) is 6.21. The molecule has 0 bridgehead atoms. The number of hydrogen-bond acceptors (Lipinski definition) is 0. The molecule has 1 aromatic carbocycles. The van der Waals surface area contributed by atoms with Crippen molar-refractivity contribution in [3.05, 3.63) is 53.0 Å². The van der Waals surface area contributed by atoms with Crippen molar-refractivity contribution in [3.8, 4) is 0 Å². The van der Waals surface area contributed by atoms with E-state index in [0.29, 0.717) is 0 Å². The zero-order chi connectivity index (χ0) is 11.4. The van der Waals surface area contributed by atoms with Crippen LogP contribution >= 0.6 is 0 Å². The van der Waals surface area contributed by atoms with Crippen molar-refractivity contribution >= 4 is 0 Å². The summed E-state index contributed by atoms with van der Waals surface area (Å²) < 4.78 is 0. The van der Waals surface area contributed by atoms with Gasteiger partial charge in [0.25, 0.3) is 0 Å². The average Bonchev–Trinajstić information content (AvgIpc) is 2.30. The van der Waals surface area contributed by atoms with E-state index in [4.69, 9.17) is 0 Å². The van der Waals surface area contributed by atoms with E-state index in [0.717, 1.165) is 0 Å². The zero-order valence-corrected chi connectivity index (χ0v) is 10.4. The van der Waals surface area contributed by atoms with Crippen molar-refractivity contribution < 1.29 is 0 Å². The van der Waals surface area contributed by atoms with E-state index in [1.165, 1.54) is 43.2 Å². The SMILES string of the molecule is CCCC1=C(CCC)Cc2ccccc2[CH]1. The molecular weight excluding hydrogens is 192 g/mol. The Hall–Kier alpha value is -1.04. The quantitative estimate of drug-likeness (QED) is 0.680. The van der Waals surface area contributed by atoms with Crippen LogP contribution in [0.1, 0.15) is 50.7 Å². The first-order valence-corrected chi connectivity index (χ1v) is 6.48. The Morgan fingerprint density at radius 2 is 1.75 bits per heavy atom. The molecule has 0 saturated carbocycles. The van der Waals surface area contributed by atoms with Crippen LogP contribution in [0.5, 0.6) is 0 Å². The van der Waals surface area contributed by atoms with Gasteiger partial charge < -0.3 is 0 Å². The molecule has 2 rings (SSSR count). The van der Waals surface area contributed by atoms with Gasteiger partial charge in [0.05, 0.1) is 0 Å². The van der Waals surface area contributed by atoms with Crippen molar-refractivity contribution in [2.75, 3.05) is 0 Å². The number of benzene rings is 1. The number of hydrogen-bond donors (Lipinski definition) is 0. The van der Waals surface area contributed by atoms with Crippen molar-refractivity contribution in [3.63, 3.8) is 0 Å². The van der Waals surface area contributed by atoms with E-state index in [1.807, 2.05) is 0 Å². The van der Waals surface area contributed by atoms with Crippen LogP contribution in [-0.4, -0.2) is 0 Å². The third-order valence-electron chi connectivity index (χ3n) is 3.31. The van der Waals surface area contributed by atoms with Crippen LogP contribution in [-0.2, 0) is 6.42 Å². The highest BCUT2D eigenvalue weighted by molar-refractivity contribution is 5.48. The molecule has 85 valence electrons. The first-order chi connectivity index (χ1) is 7.85. The minimum atomic E-state index is 1.18. The van der Waals surface area contributed by atoms with E-state index in [-0.39, 0.29) is 0 Å². The Labute approximate surface area is 99.4 Å². The molecule has 0 heterocycles. The Kier molecular flexibility index (Phi) is 3.82. The summed E-state index contributed by atoms with van der Waals surface area (Å²) >= 11 is 0. The van der Waals surface area contributed by atoms with Gasteiger partial charge in [-0.15, -0.1) is 0 Å². The molecule has 0 saturated heterocycles. The Bertz CT molecular complexity index is 348. The predicted molar refractivity (Wildman–Crippen MR) is 70.4 cm³/mol. The minimum Gasteiger partial charge on any atom is -0.0660 e. The van der Waals surface area contributed by atoms with Crippen LogP contribution in [0.25, 0.3) is 0 Å². The van der Waals surface area contributed by atoms with Gasteiger partial charge in [0.15, 0.2) is 0 Å². The van der Waals surface area contributed by atoms with E-state index in [1.54, 1.807) is 11.1 Å². The summed E-state index contributed by atoms with van der Waals surface area (Å²) in [4.78, 5) is 0. The molecule has 0 spiro atoms. The highest BCUT2D eigenvalue weighted by Gasteiger charge is 2.16. The van der Waals surface area contributed by atoms with Gasteiger partial charge in [0.1, 0.15) is 0 Å². The standard InChI is InChI=1S/C16H21/c1-3-7-13-11-15-9-5-6-10-16(15)12-14(13)8-4-2/h5-6,9-11H,3-4,7-8,12H2,1-2H3. The maximum Gasteiger partial charge on any atom is 0.0160 e. The lowest BCUT2D eigenvalue weighted by molar-refractivity contribution is 0.803. The second-order valence-corrected chi connectivity index (χ2v) is 4.65. The normalized spacial score (nSPS) is 15.1. The molecular formula is C16H21. The second kappa shape index (κ2) is 5.34. The third-order valence-corrected chi connectivity index (χ3v) is 3.31. The van der Waals surface area contributed by atoms with E-state index in [2.05, 4.69) is 44.5 Å². The molecule has 1 radical (unpaired) electrons. The summed E-state index contributed by atoms with van der Waals surface area (Å²) in [6, 6.07) is 8.81. The van der Waals surface area contributed by atoms with Gasteiger partial charge in [-0.1, -0.05) is 62.1 Å². The fourth-order valence-electron chi connectivity index (χ4n) is 2.54. The lowest BCUT2D eigenvalue weighted by Gasteiger charge is -2.22. The minimum absolute atomic E-state index is 1.18. The van der Waals surface area contributed by atoms with Gasteiger partial charge in [-0.2, -0.15) is 0 Å². The molecule has 0 amide bonds. The molecule has 1 aromatic rings. The fraction of sp³-hybridized carbons (Fsp3) is 0.438. The molecule has 0 atom stereocenters. The van der Waals surface area contributed by atoms with Gasteiger partial charge in [-0.05, 0) is 30.4 Å². The summed E-state index contributed by atoms with van der Waals surface area (Å²) in [5, 5.41) is 0. The summed E-state index contributed by atoms with van der Waals surface area (Å²) in [6.07, 6.45) is 8.60. The van der Waals surface area contributed by atoms with Crippen LogP contribution in [0.2, 0.25) is 0 Å². The first-order valence-electron chi connectivity index (χ1n) is 6.48. The fourth-order valence-corrected chi connectivity index (χ4v) is 2.54. The summed E-state index contributed by atoms with van der Waals surface area (Å²) in [6.45, 7) is 4.54. The molecule has 1 aliphatic carbocycles. The number of rotatable bonds is 4. The predicted octanol–water partition coefficient (Wildman–Crippen LogP) is 4.69. The lowest BCUT2D eigenvalue weighted by Crippen LogP contribution is -2.07. The lowest BCUT2D eigenvalue weighted by atomic mass is 9.83. The molecule has 0 unspecified atom stereocenters. The van der Waals surface area contributed by atoms with Gasteiger partial charge in [0, 0.05) is 6.42 Å². The monoisotopic (exact) mass is 213 g/mol. The molecule has 0 N–H and O–H groups in total. The Balaban J connectivity index is 2.25. The highest BCUT2D eigenvalue weighted by Crippen LogP contribution is 2.32. The molecule has 0 heteroatoms. The van der Waals surface area contributed by atoms with Crippen LogP contribution in [0.3, 0.4) is 0 Å². The topological polar surface area (TPSA) is 0 Å². The van der Waals surface area contributed by atoms with Gasteiger partial charge in [-0.3, -0.25) is 0 Å². The van der Waals surface area contributed by atoms with Gasteiger partial charge in [0.2, 0.25) is 0 Å². The van der Waals surface area contributed by atoms with Crippen molar-refractivity contribution in [1.29, 1.82) is 0 Å². The summed E-state index contributed by atoms with van der Waals surface area (Å²) in [5.74, 6) is 0. The molecule has 16 heavy (non-hydrogen) atoms. The van der Waals surface area contributed by atoms with Crippen LogP contribution in [0.15, 0.2) is 35.4 Å². The number of fused-ring (bicyclic) bond motifs is 1. The average molecular weight is 213 g/mol. The summed E-state index contributed by atoms with van der Waals surface area (Å²) in [7, 11) is 0. The molecule has 1 aliphatic rings. The molecule has 0 fully saturated rings. The number of allylic oxidation sites excluding steroid dienone is 2. The van der Waals surface area contributed by atoms with E-state index in [9.17, 15) is 0 Å². The van der Waals surface area contributed by atoms with E-state index < -0.39 is 0 Å². The molecule has 0 aromatic heterocycles. The maximum atomic E-state index is 2.41. The van der Waals surface area contributed by atoms with Crippen LogP contribution in [0, 0.1) is 6.42 Å². The highest BCUT2D eigenvalue weighted by atomic mass is 14.2. The van der Waals surface area contributed by atoms with Gasteiger partial charge in [-0.25, -0.2) is 0 Å². The maximum absolute atomic E-state index is 2.41. The third kappa shape index (κ3) is 2.37. The molecule has 0 aliphatic heterocycles. The van der Waals surface area contributed by atoms with Crippen LogP contribution < -0.4 is 0 Å². The van der Waals surface area contributed by atoms with E-state index >= 15 is 0 Å². The Morgan fingerprint density at radius 3 is 2.50 bits per heavy atom. The zero-order valence-electron chi connectivity index (χ0n) is 10.4. The second-order valence-electron chi connectivity index (χ2n) is 4.65. The van der Waals surface area contributed by atoms with Crippen molar-refractivity contribution in [2.45, 2.75) is 46.0 Å². The van der Waals surface area contributed by atoms with Crippen molar-refractivity contribution in [1.82, 2.24) is 0 Å². The molecule has 0 nitrogen and oxygen atoms in total. The Morgan fingerprint density at radius 1 is 1.00 bits per heavy atom.